The van der Waals surface area contributed by atoms with Crippen molar-refractivity contribution in [3.05, 3.63) is 94.3 Å². The van der Waals surface area contributed by atoms with Crippen LogP contribution in [-0.2, 0) is 11.3 Å². The smallest absolute Gasteiger partial charge is 0.340 e. The van der Waals surface area contributed by atoms with Gasteiger partial charge in [0.05, 0.1) is 42.0 Å². The van der Waals surface area contributed by atoms with E-state index in [0.717, 1.165) is 22.0 Å². The molecule has 5 nitrogen and oxygen atoms in total. The van der Waals surface area contributed by atoms with Crippen LogP contribution < -0.4 is 4.74 Å². The van der Waals surface area contributed by atoms with E-state index < -0.39 is 11.8 Å². The number of aromatic nitrogens is 2. The number of carbonyl (C=O) groups excluding carboxylic acids is 1. The summed E-state index contributed by atoms with van der Waals surface area (Å²) >= 11 is 6.37. The molecule has 0 atom stereocenters. The maximum absolute atomic E-state index is 14.5. The maximum atomic E-state index is 14.5. The zero-order chi connectivity index (χ0) is 24.7. The van der Waals surface area contributed by atoms with Gasteiger partial charge in [-0.15, -0.1) is 0 Å². The Kier molecular flexibility index (Phi) is 5.91. The van der Waals surface area contributed by atoms with Gasteiger partial charge in [-0.05, 0) is 55.0 Å². The molecule has 5 rings (SSSR count). The number of esters is 1. The Labute approximate surface area is 206 Å². The molecule has 176 valence electrons. The van der Waals surface area contributed by atoms with Crippen LogP contribution in [0.1, 0.15) is 21.5 Å². The Balaban J connectivity index is 1.82. The van der Waals surface area contributed by atoms with Crippen molar-refractivity contribution in [2.75, 3.05) is 14.2 Å². The molecular weight excluding hydrogens is 467 g/mol. The van der Waals surface area contributed by atoms with Gasteiger partial charge in [-0.3, -0.25) is 0 Å². The predicted octanol–water partition coefficient (Wildman–Crippen LogP) is 6.80. The van der Waals surface area contributed by atoms with Crippen LogP contribution in [-0.4, -0.2) is 29.7 Å². The zero-order valence-corrected chi connectivity index (χ0v) is 20.2. The van der Waals surface area contributed by atoms with E-state index in [0.29, 0.717) is 39.4 Å². The van der Waals surface area contributed by atoms with Crippen molar-refractivity contribution in [2.24, 2.45) is 0 Å². The number of aryl methyl sites for hydroxylation is 1. The van der Waals surface area contributed by atoms with Crippen molar-refractivity contribution in [3.8, 4) is 17.0 Å². The number of carbonyl (C=O) groups is 1. The van der Waals surface area contributed by atoms with Gasteiger partial charge in [0.1, 0.15) is 0 Å². The molecule has 3 aromatic carbocycles. The Bertz CT molecular complexity index is 1590. The predicted molar refractivity (Wildman–Crippen MR) is 136 cm³/mol. The van der Waals surface area contributed by atoms with Crippen LogP contribution in [0.2, 0.25) is 5.02 Å². The van der Waals surface area contributed by atoms with Crippen LogP contribution in [0.5, 0.6) is 5.75 Å². The Hall–Kier alpha value is -3.90. The number of halogens is 2. The lowest BCUT2D eigenvalue weighted by molar-refractivity contribution is 0.0602. The van der Waals surface area contributed by atoms with E-state index in [1.54, 1.807) is 18.2 Å². The van der Waals surface area contributed by atoms with Crippen LogP contribution >= 0.6 is 11.6 Å². The molecule has 0 bridgehead atoms. The first-order valence-electron chi connectivity index (χ1n) is 11.0. The van der Waals surface area contributed by atoms with Gasteiger partial charge in [0.2, 0.25) is 0 Å². The van der Waals surface area contributed by atoms with Crippen molar-refractivity contribution in [3.63, 3.8) is 0 Å². The second-order valence-electron chi connectivity index (χ2n) is 8.33. The molecule has 0 saturated heterocycles. The number of hydrogen-bond donors (Lipinski definition) is 0. The highest BCUT2D eigenvalue weighted by atomic mass is 35.5. The van der Waals surface area contributed by atoms with Gasteiger partial charge in [-0.25, -0.2) is 14.2 Å². The molecule has 35 heavy (non-hydrogen) atoms. The molecular formula is C28H22ClFN2O3. The first-order valence-corrected chi connectivity index (χ1v) is 11.4. The Morgan fingerprint density at radius 1 is 1.03 bits per heavy atom. The van der Waals surface area contributed by atoms with E-state index in [9.17, 15) is 9.18 Å². The Morgan fingerprint density at radius 2 is 1.80 bits per heavy atom. The molecule has 0 N–H and O–H groups in total. The lowest BCUT2D eigenvalue weighted by Gasteiger charge is -2.12. The van der Waals surface area contributed by atoms with Gasteiger partial charge in [0.25, 0.3) is 0 Å². The monoisotopic (exact) mass is 488 g/mol. The summed E-state index contributed by atoms with van der Waals surface area (Å²) in [6.07, 6.45) is 0. The molecule has 5 aromatic rings. The summed E-state index contributed by atoms with van der Waals surface area (Å²) in [5.74, 6) is -0.890. The summed E-state index contributed by atoms with van der Waals surface area (Å²) in [6.45, 7) is 2.54. The number of pyridine rings is 1. The van der Waals surface area contributed by atoms with Gasteiger partial charge in [0.15, 0.2) is 11.6 Å². The van der Waals surface area contributed by atoms with Crippen molar-refractivity contribution < 1.29 is 18.7 Å². The normalized spacial score (nSPS) is 11.2. The third-order valence-electron chi connectivity index (χ3n) is 6.08. The van der Waals surface area contributed by atoms with E-state index in [-0.39, 0.29) is 5.75 Å². The molecule has 0 amide bonds. The SMILES string of the molecule is COC(=O)c1cc(-c2ccc(OC)c(F)c2)nc2c3ccc(Cl)cc3n(Cc3ccc(C)cc3)c12. The largest absolute Gasteiger partial charge is 0.494 e. The van der Waals surface area contributed by atoms with E-state index in [4.69, 9.17) is 26.1 Å². The lowest BCUT2D eigenvalue weighted by atomic mass is 10.1. The number of hydrogen-bond acceptors (Lipinski definition) is 4. The average Bonchev–Trinajstić information content (AvgIpc) is 3.16. The number of methoxy groups -OCH3 is 2. The van der Waals surface area contributed by atoms with Crippen LogP contribution in [0, 0.1) is 12.7 Å². The van der Waals surface area contributed by atoms with Crippen molar-refractivity contribution in [2.45, 2.75) is 13.5 Å². The van der Waals surface area contributed by atoms with Crippen LogP contribution in [0.3, 0.4) is 0 Å². The second-order valence-corrected chi connectivity index (χ2v) is 8.76. The quantitative estimate of drug-likeness (QED) is 0.255. The number of ether oxygens (including phenoxy) is 2. The summed E-state index contributed by atoms with van der Waals surface area (Å²) in [5.41, 5.74) is 5.60. The molecule has 0 fully saturated rings. The first kappa shape index (κ1) is 22.9. The van der Waals surface area contributed by atoms with E-state index in [2.05, 4.69) is 12.1 Å². The van der Waals surface area contributed by atoms with Crippen LogP contribution in [0.15, 0.2) is 66.7 Å². The fourth-order valence-corrected chi connectivity index (χ4v) is 4.49. The van der Waals surface area contributed by atoms with Gasteiger partial charge in [-0.1, -0.05) is 41.4 Å². The second kappa shape index (κ2) is 9.04. The number of nitrogens with zero attached hydrogens (tertiary/aromatic N) is 2. The number of benzene rings is 3. The molecule has 0 spiro atoms. The fraction of sp³-hybridized carbons (Fsp3) is 0.143. The first-order chi connectivity index (χ1) is 16.9. The third-order valence-corrected chi connectivity index (χ3v) is 6.32. The highest BCUT2D eigenvalue weighted by Gasteiger charge is 2.22. The topological polar surface area (TPSA) is 53.4 Å². The molecule has 0 aliphatic heterocycles. The highest BCUT2D eigenvalue weighted by molar-refractivity contribution is 6.31. The zero-order valence-electron chi connectivity index (χ0n) is 19.4. The van der Waals surface area contributed by atoms with Gasteiger partial charge >= 0.3 is 5.97 Å². The summed E-state index contributed by atoms with van der Waals surface area (Å²) in [6, 6.07) is 20.0. The van der Waals surface area contributed by atoms with Crippen LogP contribution in [0.25, 0.3) is 33.2 Å². The fourth-order valence-electron chi connectivity index (χ4n) is 4.33. The molecule has 0 radical (unpaired) electrons. The average molecular weight is 489 g/mol. The molecule has 0 unspecified atom stereocenters. The van der Waals surface area contributed by atoms with E-state index >= 15 is 0 Å². The van der Waals surface area contributed by atoms with Gasteiger partial charge in [0, 0.05) is 22.5 Å². The number of fused-ring (bicyclic) bond motifs is 3. The maximum Gasteiger partial charge on any atom is 0.340 e. The van der Waals surface area contributed by atoms with E-state index in [1.165, 1.54) is 26.4 Å². The standard InChI is InChI=1S/C28H22ClFN2O3/c1-16-4-6-17(7-5-16)15-32-24-13-19(29)9-10-20(24)26-27(32)21(28(33)35-3)14-23(31-26)18-8-11-25(34-2)22(30)12-18/h4-14H,15H2,1-3H3. The van der Waals surface area contributed by atoms with Gasteiger partial charge < -0.3 is 14.0 Å². The minimum atomic E-state index is -0.514. The van der Waals surface area contributed by atoms with Crippen molar-refractivity contribution >= 4 is 39.5 Å². The highest BCUT2D eigenvalue weighted by Crippen LogP contribution is 2.36. The summed E-state index contributed by atoms with van der Waals surface area (Å²) in [5, 5.41) is 1.40. The van der Waals surface area contributed by atoms with Crippen molar-refractivity contribution in [1.29, 1.82) is 0 Å². The van der Waals surface area contributed by atoms with Crippen molar-refractivity contribution in [1.82, 2.24) is 9.55 Å². The molecule has 0 aliphatic rings. The van der Waals surface area contributed by atoms with Gasteiger partial charge in [-0.2, -0.15) is 0 Å². The minimum absolute atomic E-state index is 0.132. The molecule has 0 aliphatic carbocycles. The number of rotatable bonds is 5. The molecule has 0 saturated carbocycles. The Morgan fingerprint density at radius 3 is 2.49 bits per heavy atom. The lowest BCUT2D eigenvalue weighted by Crippen LogP contribution is -2.08. The molecule has 7 heteroatoms. The molecule has 2 heterocycles. The van der Waals surface area contributed by atoms with E-state index in [1.807, 2.05) is 35.8 Å². The summed E-state index contributed by atoms with van der Waals surface area (Å²) in [4.78, 5) is 17.9. The third kappa shape index (κ3) is 4.10. The summed E-state index contributed by atoms with van der Waals surface area (Å²) in [7, 11) is 2.75. The minimum Gasteiger partial charge on any atom is -0.494 e. The summed E-state index contributed by atoms with van der Waals surface area (Å²) < 4.78 is 26.7. The molecule has 2 aromatic heterocycles. The van der Waals surface area contributed by atoms with Crippen LogP contribution in [0.4, 0.5) is 4.39 Å².